The molecule has 1 aromatic carbocycles. The quantitative estimate of drug-likeness (QED) is 0.929. The zero-order valence-electron chi connectivity index (χ0n) is 12.2. The summed E-state index contributed by atoms with van der Waals surface area (Å²) in [7, 11) is 0. The predicted octanol–water partition coefficient (Wildman–Crippen LogP) is 2.88. The molecule has 0 unspecified atom stereocenters. The van der Waals surface area contributed by atoms with E-state index in [1.807, 2.05) is 0 Å². The number of hydrogen-bond acceptors (Lipinski definition) is 2. The summed E-state index contributed by atoms with van der Waals surface area (Å²) in [5.74, 6) is -2.41. The van der Waals surface area contributed by atoms with Gasteiger partial charge < -0.3 is 10.0 Å². The van der Waals surface area contributed by atoms with Gasteiger partial charge in [-0.3, -0.25) is 4.79 Å². The van der Waals surface area contributed by atoms with Gasteiger partial charge in [0.2, 0.25) is 5.91 Å². The smallest absolute Gasteiger partial charge is 0.416 e. The normalized spacial score (nSPS) is 27.1. The molecule has 23 heavy (non-hydrogen) atoms. The summed E-state index contributed by atoms with van der Waals surface area (Å²) in [6.45, 7) is 0.361. The van der Waals surface area contributed by atoms with Crippen LogP contribution in [-0.2, 0) is 15.8 Å². The highest BCUT2D eigenvalue weighted by molar-refractivity contribution is 5.88. The number of carboxylic acid groups (broad SMARTS) is 1. The van der Waals surface area contributed by atoms with E-state index in [1.165, 1.54) is 23.1 Å². The maximum atomic E-state index is 13.1. The lowest BCUT2D eigenvalue weighted by Crippen LogP contribution is -2.41. The number of carboxylic acids is 1. The summed E-state index contributed by atoms with van der Waals surface area (Å²) in [5, 5.41) is 9.13. The zero-order valence-corrected chi connectivity index (χ0v) is 12.2. The summed E-state index contributed by atoms with van der Waals surface area (Å²) in [5.41, 5.74) is -0.582. The molecule has 7 heteroatoms. The molecule has 1 aromatic rings. The van der Waals surface area contributed by atoms with Crippen LogP contribution in [0.5, 0.6) is 0 Å². The van der Waals surface area contributed by atoms with Crippen molar-refractivity contribution in [3.05, 3.63) is 35.4 Å². The molecule has 1 saturated heterocycles. The van der Waals surface area contributed by atoms with Gasteiger partial charge >= 0.3 is 12.1 Å². The SMILES string of the molecule is O=C(O)[C@H]1CCCN1C(=O)[C@@H]1C[C@@H]1c1ccccc1C(F)(F)F. The fourth-order valence-corrected chi connectivity index (χ4v) is 3.39. The van der Waals surface area contributed by atoms with E-state index in [2.05, 4.69) is 0 Å². The first-order chi connectivity index (χ1) is 10.8. The van der Waals surface area contributed by atoms with Gasteiger partial charge in [-0.25, -0.2) is 4.79 Å². The van der Waals surface area contributed by atoms with Gasteiger partial charge in [-0.05, 0) is 36.8 Å². The second-order valence-electron chi connectivity index (χ2n) is 6.06. The second-order valence-corrected chi connectivity index (χ2v) is 6.06. The van der Waals surface area contributed by atoms with Crippen molar-refractivity contribution in [2.45, 2.75) is 37.4 Å². The van der Waals surface area contributed by atoms with Crippen LogP contribution in [0.2, 0.25) is 0 Å². The highest BCUT2D eigenvalue weighted by Crippen LogP contribution is 2.52. The van der Waals surface area contributed by atoms with Gasteiger partial charge in [0, 0.05) is 12.5 Å². The lowest BCUT2D eigenvalue weighted by molar-refractivity contribution is -0.148. The van der Waals surface area contributed by atoms with Gasteiger partial charge in [-0.1, -0.05) is 18.2 Å². The minimum Gasteiger partial charge on any atom is -0.480 e. The molecule has 2 aliphatic rings. The maximum absolute atomic E-state index is 13.1. The Labute approximate surface area is 130 Å². The molecule has 1 heterocycles. The van der Waals surface area contributed by atoms with E-state index in [0.29, 0.717) is 25.8 Å². The van der Waals surface area contributed by atoms with E-state index in [9.17, 15) is 22.8 Å². The van der Waals surface area contributed by atoms with E-state index in [4.69, 9.17) is 5.11 Å². The fraction of sp³-hybridized carbons (Fsp3) is 0.500. The first-order valence-electron chi connectivity index (χ1n) is 7.50. The molecule has 1 amide bonds. The van der Waals surface area contributed by atoms with Gasteiger partial charge in [0.15, 0.2) is 0 Å². The number of alkyl halides is 3. The monoisotopic (exact) mass is 327 g/mol. The van der Waals surface area contributed by atoms with Crippen molar-refractivity contribution in [1.82, 2.24) is 4.90 Å². The van der Waals surface area contributed by atoms with Crippen LogP contribution >= 0.6 is 0 Å². The Morgan fingerprint density at radius 2 is 1.91 bits per heavy atom. The molecule has 1 N–H and O–H groups in total. The summed E-state index contributed by atoms with van der Waals surface area (Å²) < 4.78 is 39.2. The number of nitrogens with zero attached hydrogens (tertiary/aromatic N) is 1. The van der Waals surface area contributed by atoms with Crippen molar-refractivity contribution in [3.8, 4) is 0 Å². The van der Waals surface area contributed by atoms with Crippen molar-refractivity contribution in [1.29, 1.82) is 0 Å². The highest BCUT2D eigenvalue weighted by Gasteiger charge is 2.51. The number of carbonyl (C=O) groups is 2. The number of rotatable bonds is 3. The van der Waals surface area contributed by atoms with Crippen molar-refractivity contribution in [3.63, 3.8) is 0 Å². The van der Waals surface area contributed by atoms with Crippen LogP contribution < -0.4 is 0 Å². The molecule has 3 rings (SSSR count). The van der Waals surface area contributed by atoms with Gasteiger partial charge in [-0.2, -0.15) is 13.2 Å². The van der Waals surface area contributed by atoms with Crippen LogP contribution in [0.15, 0.2) is 24.3 Å². The third-order valence-corrected chi connectivity index (χ3v) is 4.59. The Morgan fingerprint density at radius 3 is 2.57 bits per heavy atom. The molecular weight excluding hydrogens is 311 g/mol. The van der Waals surface area contributed by atoms with Crippen molar-refractivity contribution >= 4 is 11.9 Å². The Balaban J connectivity index is 1.78. The number of hydrogen-bond donors (Lipinski definition) is 1. The van der Waals surface area contributed by atoms with Crippen molar-refractivity contribution in [2.24, 2.45) is 5.92 Å². The van der Waals surface area contributed by atoms with Crippen molar-refractivity contribution < 1.29 is 27.9 Å². The molecule has 0 radical (unpaired) electrons. The topological polar surface area (TPSA) is 57.6 Å². The van der Waals surface area contributed by atoms with Gasteiger partial charge in [0.1, 0.15) is 6.04 Å². The molecular formula is C16H16F3NO3. The average Bonchev–Trinajstić information content (AvgIpc) is 3.13. The van der Waals surface area contributed by atoms with E-state index >= 15 is 0 Å². The predicted molar refractivity (Wildman–Crippen MR) is 74.7 cm³/mol. The van der Waals surface area contributed by atoms with E-state index in [-0.39, 0.29) is 11.5 Å². The molecule has 4 nitrogen and oxygen atoms in total. The Hall–Kier alpha value is -2.05. The lowest BCUT2D eigenvalue weighted by Gasteiger charge is -2.21. The summed E-state index contributed by atoms with van der Waals surface area (Å²) in [4.78, 5) is 24.9. The Morgan fingerprint density at radius 1 is 1.22 bits per heavy atom. The molecule has 0 aromatic heterocycles. The van der Waals surface area contributed by atoms with Crippen LogP contribution in [-0.4, -0.2) is 34.5 Å². The largest absolute Gasteiger partial charge is 0.480 e. The molecule has 1 aliphatic carbocycles. The number of amides is 1. The first-order valence-corrected chi connectivity index (χ1v) is 7.50. The maximum Gasteiger partial charge on any atom is 0.416 e. The number of carbonyl (C=O) groups excluding carboxylic acids is 1. The third-order valence-electron chi connectivity index (χ3n) is 4.59. The highest BCUT2D eigenvalue weighted by atomic mass is 19.4. The van der Waals surface area contributed by atoms with E-state index in [1.54, 1.807) is 0 Å². The van der Waals surface area contributed by atoms with Gasteiger partial charge in [0.05, 0.1) is 5.56 Å². The molecule has 2 fully saturated rings. The van der Waals surface area contributed by atoms with Crippen LogP contribution in [0.1, 0.15) is 36.3 Å². The van der Waals surface area contributed by atoms with Gasteiger partial charge in [-0.15, -0.1) is 0 Å². The molecule has 0 spiro atoms. The minimum atomic E-state index is -4.45. The number of aliphatic carboxylic acids is 1. The second kappa shape index (κ2) is 5.54. The number of benzene rings is 1. The van der Waals surface area contributed by atoms with Gasteiger partial charge in [0.25, 0.3) is 0 Å². The third kappa shape index (κ3) is 2.92. The molecule has 3 atom stereocenters. The zero-order chi connectivity index (χ0) is 16.8. The number of halogens is 3. The first kappa shape index (κ1) is 15.8. The van der Waals surface area contributed by atoms with Crippen LogP contribution in [0.4, 0.5) is 13.2 Å². The van der Waals surface area contributed by atoms with Crippen molar-refractivity contribution in [2.75, 3.05) is 6.54 Å². The molecule has 124 valence electrons. The standard InChI is InChI=1S/C16H16F3NO3/c17-16(18,19)12-5-2-1-4-9(12)10-8-11(10)14(21)20-7-3-6-13(20)15(22)23/h1-2,4-5,10-11,13H,3,6-8H2,(H,22,23)/t10-,11-,13-/m1/s1. The average molecular weight is 327 g/mol. The lowest BCUT2D eigenvalue weighted by atomic mass is 10.0. The number of likely N-dealkylation sites (tertiary alicyclic amines) is 1. The molecule has 1 saturated carbocycles. The Bertz CT molecular complexity index is 644. The van der Waals surface area contributed by atoms with E-state index < -0.39 is 35.6 Å². The van der Waals surface area contributed by atoms with Crippen LogP contribution in [0, 0.1) is 5.92 Å². The fourth-order valence-electron chi connectivity index (χ4n) is 3.39. The van der Waals surface area contributed by atoms with Crippen LogP contribution in [0.3, 0.4) is 0 Å². The molecule has 0 bridgehead atoms. The molecule has 1 aliphatic heterocycles. The summed E-state index contributed by atoms with van der Waals surface area (Å²) >= 11 is 0. The minimum absolute atomic E-state index is 0.129. The summed E-state index contributed by atoms with van der Waals surface area (Å²) in [6.07, 6.45) is -3.10. The van der Waals surface area contributed by atoms with Crippen LogP contribution in [0.25, 0.3) is 0 Å². The Kier molecular flexibility index (Phi) is 3.82. The van der Waals surface area contributed by atoms with E-state index in [0.717, 1.165) is 6.07 Å². The summed E-state index contributed by atoms with van der Waals surface area (Å²) in [6, 6.07) is 4.43.